The first-order valence-corrected chi connectivity index (χ1v) is 10.6. The van der Waals surface area contributed by atoms with Crippen molar-refractivity contribution in [3.63, 3.8) is 0 Å². The van der Waals surface area contributed by atoms with Crippen LogP contribution < -0.4 is 4.90 Å². The summed E-state index contributed by atoms with van der Waals surface area (Å²) in [6, 6.07) is 31.1. The number of carbonyl (C=O) groups is 1. The Kier molecular flexibility index (Phi) is 6.45. The zero-order valence-corrected chi connectivity index (χ0v) is 17.5. The number of carbonyl (C=O) groups excluding carboxylic acids is 1. The summed E-state index contributed by atoms with van der Waals surface area (Å²) in [5, 5.41) is 0. The maximum Gasteiger partial charge on any atom is 0.242 e. The molecule has 1 aliphatic heterocycles. The van der Waals surface area contributed by atoms with Gasteiger partial charge in [0.05, 0.1) is 0 Å². The largest absolute Gasteiger partial charge is 0.340 e. The number of para-hydroxylation sites is 2. The molecule has 1 aliphatic rings. The Bertz CT molecular complexity index is 891. The average molecular weight is 400 g/mol. The number of hydrogen-bond acceptors (Lipinski definition) is 3. The van der Waals surface area contributed by atoms with Gasteiger partial charge in [0.1, 0.15) is 6.54 Å². The fraction of sp³-hybridized carbons (Fsp3) is 0.269. The van der Waals surface area contributed by atoms with E-state index in [9.17, 15) is 4.79 Å². The molecule has 0 bridgehead atoms. The molecule has 1 atom stereocenters. The first kappa shape index (κ1) is 20.2. The van der Waals surface area contributed by atoms with Crippen molar-refractivity contribution in [2.75, 3.05) is 31.6 Å². The Hall–Kier alpha value is -3.11. The highest BCUT2D eigenvalue weighted by atomic mass is 16.2. The lowest BCUT2D eigenvalue weighted by Crippen LogP contribution is -2.43. The van der Waals surface area contributed by atoms with E-state index >= 15 is 0 Å². The van der Waals surface area contributed by atoms with E-state index in [0.29, 0.717) is 6.54 Å². The standard InChI is InChI=1S/C26H29N3O/c1-27(25-17-18-28(20-25)19-22-11-5-2-6-12-22)26(30)21-29(23-13-7-3-8-14-23)24-15-9-4-10-16-24/h2-16,25H,17-21H2,1H3. The SMILES string of the molecule is CN(C(=O)CN(c1ccccc1)c1ccccc1)C1CCN(Cc2ccccc2)C1. The summed E-state index contributed by atoms with van der Waals surface area (Å²) >= 11 is 0. The van der Waals surface area contributed by atoms with Crippen molar-refractivity contribution in [2.45, 2.75) is 19.0 Å². The lowest BCUT2D eigenvalue weighted by atomic mass is 10.2. The molecule has 0 spiro atoms. The van der Waals surface area contributed by atoms with Gasteiger partial charge in [-0.1, -0.05) is 66.7 Å². The molecule has 154 valence electrons. The van der Waals surface area contributed by atoms with Crippen molar-refractivity contribution >= 4 is 17.3 Å². The number of likely N-dealkylation sites (tertiary alicyclic amines) is 1. The van der Waals surface area contributed by atoms with E-state index in [-0.39, 0.29) is 11.9 Å². The molecule has 0 N–H and O–H groups in total. The first-order chi connectivity index (χ1) is 14.7. The second-order valence-electron chi connectivity index (χ2n) is 7.93. The quantitative estimate of drug-likeness (QED) is 0.583. The molecule has 0 radical (unpaired) electrons. The van der Waals surface area contributed by atoms with Gasteiger partial charge in [-0.2, -0.15) is 0 Å². The fourth-order valence-corrected chi connectivity index (χ4v) is 4.11. The van der Waals surface area contributed by atoms with Gasteiger partial charge >= 0.3 is 0 Å². The molecule has 1 unspecified atom stereocenters. The van der Waals surface area contributed by atoms with Crippen molar-refractivity contribution < 1.29 is 4.79 Å². The molecular weight excluding hydrogens is 370 g/mol. The molecule has 1 saturated heterocycles. The third-order valence-electron chi connectivity index (χ3n) is 5.87. The van der Waals surface area contributed by atoms with Crippen molar-refractivity contribution in [1.29, 1.82) is 0 Å². The number of rotatable bonds is 7. The topological polar surface area (TPSA) is 26.8 Å². The van der Waals surface area contributed by atoms with Gasteiger partial charge in [0, 0.05) is 44.1 Å². The number of benzene rings is 3. The molecule has 0 saturated carbocycles. The Morgan fingerprint density at radius 1 is 0.867 bits per heavy atom. The Morgan fingerprint density at radius 3 is 1.97 bits per heavy atom. The second-order valence-corrected chi connectivity index (χ2v) is 7.93. The predicted molar refractivity (Wildman–Crippen MR) is 123 cm³/mol. The smallest absolute Gasteiger partial charge is 0.242 e. The summed E-state index contributed by atoms with van der Waals surface area (Å²) < 4.78 is 0. The van der Waals surface area contributed by atoms with Crippen LogP contribution in [0.25, 0.3) is 0 Å². The van der Waals surface area contributed by atoms with E-state index in [1.165, 1.54) is 5.56 Å². The molecule has 0 aliphatic carbocycles. The van der Waals surface area contributed by atoms with Crippen LogP contribution in [0.2, 0.25) is 0 Å². The molecule has 3 aromatic rings. The van der Waals surface area contributed by atoms with Crippen LogP contribution in [0.5, 0.6) is 0 Å². The molecule has 0 aromatic heterocycles. The van der Waals surface area contributed by atoms with Crippen LogP contribution in [0.4, 0.5) is 11.4 Å². The minimum Gasteiger partial charge on any atom is -0.340 e. The van der Waals surface area contributed by atoms with Gasteiger partial charge in [0.15, 0.2) is 0 Å². The normalized spacial score (nSPS) is 16.4. The van der Waals surface area contributed by atoms with Crippen molar-refractivity contribution in [3.05, 3.63) is 96.6 Å². The molecule has 1 amide bonds. The minimum absolute atomic E-state index is 0.147. The van der Waals surface area contributed by atoms with E-state index in [0.717, 1.165) is 37.4 Å². The molecule has 3 aromatic carbocycles. The van der Waals surface area contributed by atoms with Gasteiger partial charge < -0.3 is 9.80 Å². The molecule has 30 heavy (non-hydrogen) atoms. The Balaban J connectivity index is 1.41. The lowest BCUT2D eigenvalue weighted by molar-refractivity contribution is -0.130. The monoisotopic (exact) mass is 399 g/mol. The van der Waals surface area contributed by atoms with E-state index in [4.69, 9.17) is 0 Å². The van der Waals surface area contributed by atoms with Gasteiger partial charge in [-0.25, -0.2) is 0 Å². The number of nitrogens with zero attached hydrogens (tertiary/aromatic N) is 3. The van der Waals surface area contributed by atoms with E-state index in [2.05, 4.69) is 58.3 Å². The van der Waals surface area contributed by atoms with E-state index in [1.807, 2.05) is 54.4 Å². The fourth-order valence-electron chi connectivity index (χ4n) is 4.11. The van der Waals surface area contributed by atoms with Crippen LogP contribution >= 0.6 is 0 Å². The highest BCUT2D eigenvalue weighted by Gasteiger charge is 2.29. The summed E-state index contributed by atoms with van der Waals surface area (Å²) in [5.74, 6) is 0.147. The first-order valence-electron chi connectivity index (χ1n) is 10.6. The summed E-state index contributed by atoms with van der Waals surface area (Å²) in [5.41, 5.74) is 3.39. The Labute approximate surface area is 179 Å². The zero-order chi connectivity index (χ0) is 20.8. The summed E-state index contributed by atoms with van der Waals surface area (Å²) in [7, 11) is 1.95. The van der Waals surface area contributed by atoms with E-state index in [1.54, 1.807) is 0 Å². The molecule has 4 heteroatoms. The van der Waals surface area contributed by atoms with Crippen molar-refractivity contribution in [2.24, 2.45) is 0 Å². The second kappa shape index (κ2) is 9.59. The van der Waals surface area contributed by atoms with Crippen molar-refractivity contribution in [3.8, 4) is 0 Å². The maximum absolute atomic E-state index is 13.2. The lowest BCUT2D eigenvalue weighted by Gasteiger charge is -2.30. The van der Waals surface area contributed by atoms with Gasteiger partial charge in [0.2, 0.25) is 5.91 Å². The van der Waals surface area contributed by atoms with Gasteiger partial charge in [-0.05, 0) is 36.2 Å². The number of anilines is 2. The van der Waals surface area contributed by atoms with Gasteiger partial charge in [-0.15, -0.1) is 0 Å². The molecule has 1 fully saturated rings. The summed E-state index contributed by atoms with van der Waals surface area (Å²) in [4.78, 5) is 19.7. The molecular formula is C26H29N3O. The van der Waals surface area contributed by atoms with E-state index < -0.39 is 0 Å². The Morgan fingerprint density at radius 2 is 1.40 bits per heavy atom. The van der Waals surface area contributed by atoms with Crippen LogP contribution in [0, 0.1) is 0 Å². The van der Waals surface area contributed by atoms with Crippen LogP contribution in [-0.2, 0) is 11.3 Å². The van der Waals surface area contributed by atoms with Crippen LogP contribution in [0.3, 0.4) is 0 Å². The van der Waals surface area contributed by atoms with Crippen molar-refractivity contribution in [1.82, 2.24) is 9.80 Å². The van der Waals surface area contributed by atoms with Gasteiger partial charge in [0.25, 0.3) is 0 Å². The average Bonchev–Trinajstić information content (AvgIpc) is 3.27. The molecule has 4 rings (SSSR count). The minimum atomic E-state index is 0.147. The number of likely N-dealkylation sites (N-methyl/N-ethyl adjacent to an activating group) is 1. The van der Waals surface area contributed by atoms with Crippen LogP contribution in [0.1, 0.15) is 12.0 Å². The zero-order valence-electron chi connectivity index (χ0n) is 17.5. The molecule has 4 nitrogen and oxygen atoms in total. The molecule has 1 heterocycles. The predicted octanol–water partition coefficient (Wildman–Crippen LogP) is 4.56. The van der Waals surface area contributed by atoms with Crippen LogP contribution in [0.15, 0.2) is 91.0 Å². The third kappa shape index (κ3) is 4.89. The maximum atomic E-state index is 13.2. The highest BCUT2D eigenvalue weighted by Crippen LogP contribution is 2.25. The summed E-state index contributed by atoms with van der Waals surface area (Å²) in [6.45, 7) is 3.23. The van der Waals surface area contributed by atoms with Crippen LogP contribution in [-0.4, -0.2) is 48.4 Å². The highest BCUT2D eigenvalue weighted by molar-refractivity contribution is 5.84. The third-order valence-corrected chi connectivity index (χ3v) is 5.87. The number of hydrogen-bond donors (Lipinski definition) is 0. The van der Waals surface area contributed by atoms with Gasteiger partial charge in [-0.3, -0.25) is 9.69 Å². The number of amides is 1. The summed E-state index contributed by atoms with van der Waals surface area (Å²) in [6.07, 6.45) is 1.02.